The molecular weight excluding hydrogens is 384 g/mol. The van der Waals surface area contributed by atoms with Gasteiger partial charge in [0.2, 0.25) is 10.0 Å². The third-order valence-electron chi connectivity index (χ3n) is 6.04. The maximum atomic E-state index is 12.7. The van der Waals surface area contributed by atoms with Crippen LogP contribution in [0.15, 0.2) is 47.4 Å². The monoisotopic (exact) mass is 412 g/mol. The van der Waals surface area contributed by atoms with Crippen molar-refractivity contribution >= 4 is 15.9 Å². The predicted octanol–water partition coefficient (Wildman–Crippen LogP) is 3.84. The summed E-state index contributed by atoms with van der Waals surface area (Å²) >= 11 is 0. The smallest absolute Gasteiger partial charge is 0.251 e. The first-order chi connectivity index (χ1) is 13.9. The molecule has 4 rings (SSSR count). The van der Waals surface area contributed by atoms with E-state index in [2.05, 4.69) is 23.5 Å². The van der Waals surface area contributed by atoms with Crippen molar-refractivity contribution in [1.82, 2.24) is 9.62 Å². The third kappa shape index (κ3) is 4.23. The van der Waals surface area contributed by atoms with Gasteiger partial charge in [0.25, 0.3) is 5.91 Å². The molecule has 0 unspecified atom stereocenters. The molecule has 1 heterocycles. The summed E-state index contributed by atoms with van der Waals surface area (Å²) in [5.41, 5.74) is 4.39. The van der Waals surface area contributed by atoms with Crippen LogP contribution in [0.25, 0.3) is 0 Å². The molecule has 154 valence electrons. The molecule has 1 amide bonds. The van der Waals surface area contributed by atoms with Crippen LogP contribution in [-0.4, -0.2) is 31.7 Å². The van der Waals surface area contributed by atoms with Crippen LogP contribution in [0.2, 0.25) is 0 Å². The maximum Gasteiger partial charge on any atom is 0.251 e. The maximum absolute atomic E-state index is 12.7. The molecule has 1 N–H and O–H groups in total. The number of benzene rings is 2. The van der Waals surface area contributed by atoms with E-state index in [9.17, 15) is 13.2 Å². The second kappa shape index (κ2) is 8.28. The van der Waals surface area contributed by atoms with Gasteiger partial charge in [0.1, 0.15) is 0 Å². The molecule has 6 heteroatoms. The van der Waals surface area contributed by atoms with Crippen LogP contribution in [0.3, 0.4) is 0 Å². The molecule has 5 nitrogen and oxygen atoms in total. The lowest BCUT2D eigenvalue weighted by atomic mass is 9.89. The van der Waals surface area contributed by atoms with Gasteiger partial charge in [-0.1, -0.05) is 18.2 Å². The average molecular weight is 413 g/mol. The van der Waals surface area contributed by atoms with E-state index < -0.39 is 10.0 Å². The zero-order valence-corrected chi connectivity index (χ0v) is 17.7. The molecule has 29 heavy (non-hydrogen) atoms. The van der Waals surface area contributed by atoms with Crippen molar-refractivity contribution in [3.05, 3.63) is 64.7 Å². The standard InChI is InChI=1S/C23H28N2O3S/c1-17(20-9-8-18-6-2-3-7-21(18)16-20)24-23(26)19-10-12-22(13-11-19)29(27,28)25-14-4-5-15-25/h8-13,16-17H,2-7,14-15H2,1H3,(H,24,26)/t17-/m1/s1. The number of hydrogen-bond donors (Lipinski definition) is 1. The quantitative estimate of drug-likeness (QED) is 0.811. The molecule has 1 atom stereocenters. The summed E-state index contributed by atoms with van der Waals surface area (Å²) in [5, 5.41) is 3.03. The SMILES string of the molecule is C[C@@H](NC(=O)c1ccc(S(=O)(=O)N2CCCC2)cc1)c1ccc2c(c1)CCCC2. The number of carbonyl (C=O) groups is 1. The highest BCUT2D eigenvalue weighted by Crippen LogP contribution is 2.25. The van der Waals surface area contributed by atoms with Crippen molar-refractivity contribution in [2.24, 2.45) is 0 Å². The Bertz CT molecular complexity index is 993. The number of aryl methyl sites for hydroxylation is 2. The lowest BCUT2D eigenvalue weighted by molar-refractivity contribution is 0.0939. The van der Waals surface area contributed by atoms with Crippen LogP contribution in [0.1, 0.15) is 65.7 Å². The Hall–Kier alpha value is -2.18. The van der Waals surface area contributed by atoms with Crippen LogP contribution < -0.4 is 5.32 Å². The van der Waals surface area contributed by atoms with E-state index >= 15 is 0 Å². The predicted molar refractivity (Wildman–Crippen MR) is 113 cm³/mol. The molecular formula is C23H28N2O3S. The molecule has 1 fully saturated rings. The van der Waals surface area contributed by atoms with Gasteiger partial charge in [0.15, 0.2) is 0 Å². The van der Waals surface area contributed by atoms with Gasteiger partial charge in [0.05, 0.1) is 10.9 Å². The minimum absolute atomic E-state index is 0.109. The Kier molecular flexibility index (Phi) is 5.74. The van der Waals surface area contributed by atoms with Gasteiger partial charge >= 0.3 is 0 Å². The summed E-state index contributed by atoms with van der Waals surface area (Å²) < 4.78 is 26.8. The first kappa shape index (κ1) is 20.1. The molecule has 0 bridgehead atoms. The number of hydrogen-bond acceptors (Lipinski definition) is 3. The molecule has 0 saturated carbocycles. The van der Waals surface area contributed by atoms with Crippen molar-refractivity contribution in [1.29, 1.82) is 0 Å². The summed E-state index contributed by atoms with van der Waals surface area (Å²) in [6, 6.07) is 12.6. The first-order valence-electron chi connectivity index (χ1n) is 10.5. The fourth-order valence-corrected chi connectivity index (χ4v) is 5.76. The molecule has 0 spiro atoms. The highest BCUT2D eigenvalue weighted by Gasteiger charge is 2.27. The second-order valence-electron chi connectivity index (χ2n) is 8.07. The Labute approximate surface area is 173 Å². The molecule has 1 aliphatic heterocycles. The highest BCUT2D eigenvalue weighted by molar-refractivity contribution is 7.89. The molecule has 1 saturated heterocycles. The van der Waals surface area contributed by atoms with Crippen molar-refractivity contribution < 1.29 is 13.2 Å². The van der Waals surface area contributed by atoms with Gasteiger partial charge in [-0.15, -0.1) is 0 Å². The Morgan fingerprint density at radius 3 is 2.28 bits per heavy atom. The van der Waals surface area contributed by atoms with Crippen LogP contribution in [0, 0.1) is 0 Å². The molecule has 1 aliphatic carbocycles. The van der Waals surface area contributed by atoms with Crippen LogP contribution in [0.4, 0.5) is 0 Å². The summed E-state index contributed by atoms with van der Waals surface area (Å²) in [7, 11) is -3.45. The van der Waals surface area contributed by atoms with Gasteiger partial charge in [-0.25, -0.2) is 8.42 Å². The highest BCUT2D eigenvalue weighted by atomic mass is 32.2. The number of nitrogens with one attached hydrogen (secondary N) is 1. The Balaban J connectivity index is 1.44. The fourth-order valence-electron chi connectivity index (χ4n) is 4.24. The number of amides is 1. The molecule has 0 radical (unpaired) electrons. The van der Waals surface area contributed by atoms with Gasteiger partial charge in [-0.2, -0.15) is 4.31 Å². The summed E-state index contributed by atoms with van der Waals surface area (Å²) in [4.78, 5) is 12.9. The van der Waals surface area contributed by atoms with E-state index in [4.69, 9.17) is 0 Å². The van der Waals surface area contributed by atoms with Crippen LogP contribution in [0.5, 0.6) is 0 Å². The normalized spacial score (nSPS) is 18.2. The lowest BCUT2D eigenvalue weighted by Gasteiger charge is -2.20. The number of sulfonamides is 1. The lowest BCUT2D eigenvalue weighted by Crippen LogP contribution is -2.28. The Morgan fingerprint density at radius 1 is 0.931 bits per heavy atom. The van der Waals surface area contributed by atoms with Gasteiger partial charge in [0, 0.05) is 18.7 Å². The fraction of sp³-hybridized carbons (Fsp3) is 0.435. The first-order valence-corrected chi connectivity index (χ1v) is 11.9. The average Bonchev–Trinajstić information content (AvgIpc) is 3.29. The molecule has 2 aromatic rings. The van der Waals surface area contributed by atoms with E-state index in [1.54, 1.807) is 12.1 Å². The zero-order valence-electron chi connectivity index (χ0n) is 16.9. The van der Waals surface area contributed by atoms with E-state index in [1.807, 2.05) is 6.92 Å². The number of carbonyl (C=O) groups excluding carboxylic acids is 1. The van der Waals surface area contributed by atoms with Crippen molar-refractivity contribution in [3.8, 4) is 0 Å². The van der Waals surface area contributed by atoms with Gasteiger partial charge in [-0.3, -0.25) is 4.79 Å². The van der Waals surface area contributed by atoms with E-state index in [0.29, 0.717) is 18.7 Å². The van der Waals surface area contributed by atoms with Gasteiger partial charge in [-0.05, 0) is 86.4 Å². The van der Waals surface area contributed by atoms with E-state index in [-0.39, 0.29) is 16.8 Å². The molecule has 2 aromatic carbocycles. The van der Waals surface area contributed by atoms with E-state index in [0.717, 1.165) is 31.2 Å². The number of nitrogens with zero attached hydrogens (tertiary/aromatic N) is 1. The van der Waals surface area contributed by atoms with Crippen LogP contribution >= 0.6 is 0 Å². The molecule has 2 aliphatic rings. The number of fused-ring (bicyclic) bond motifs is 1. The van der Waals surface area contributed by atoms with Crippen molar-refractivity contribution in [2.45, 2.75) is 56.4 Å². The number of rotatable bonds is 5. The summed E-state index contributed by atoms with van der Waals surface area (Å²) in [6.07, 6.45) is 6.53. The zero-order chi connectivity index (χ0) is 20.4. The van der Waals surface area contributed by atoms with Gasteiger partial charge < -0.3 is 5.32 Å². The second-order valence-corrected chi connectivity index (χ2v) is 10.0. The van der Waals surface area contributed by atoms with E-state index in [1.165, 1.54) is 40.4 Å². The molecule has 0 aromatic heterocycles. The largest absolute Gasteiger partial charge is 0.346 e. The summed E-state index contributed by atoms with van der Waals surface area (Å²) in [6.45, 7) is 3.13. The Morgan fingerprint density at radius 2 is 1.59 bits per heavy atom. The minimum Gasteiger partial charge on any atom is -0.346 e. The van der Waals surface area contributed by atoms with Crippen LogP contribution in [-0.2, 0) is 22.9 Å². The topological polar surface area (TPSA) is 66.5 Å². The minimum atomic E-state index is -3.45. The van der Waals surface area contributed by atoms with Crippen molar-refractivity contribution in [3.63, 3.8) is 0 Å². The van der Waals surface area contributed by atoms with Crippen molar-refractivity contribution in [2.75, 3.05) is 13.1 Å². The summed E-state index contributed by atoms with van der Waals surface area (Å²) in [5.74, 6) is -0.194. The third-order valence-corrected chi connectivity index (χ3v) is 7.95.